The standard InChI is InChI=1S/C6H14N2OS.CH4N2OS/c1-2-3-4-5-7-8-6(9)10;2-3-1(4)5/h7H,2-5H2,1H3,(H2,8,9,10);2H2,(H2,3,4,5). The van der Waals surface area contributed by atoms with E-state index in [1.807, 2.05) is 0 Å². The van der Waals surface area contributed by atoms with Gasteiger partial charge in [-0.25, -0.2) is 11.3 Å². The van der Waals surface area contributed by atoms with Gasteiger partial charge < -0.3 is 0 Å². The molecule has 0 saturated heterocycles. The van der Waals surface area contributed by atoms with Gasteiger partial charge in [-0.1, -0.05) is 45.0 Å². The largest absolute Gasteiger partial charge is 0.290 e. The first-order valence-electron chi connectivity index (χ1n) is 4.45. The molecule has 6 nitrogen and oxygen atoms in total. The van der Waals surface area contributed by atoms with Crippen molar-refractivity contribution < 1.29 is 9.59 Å². The van der Waals surface area contributed by atoms with Crippen LogP contribution in [0.1, 0.15) is 26.2 Å². The quantitative estimate of drug-likeness (QED) is 0.144. The molecule has 0 aromatic carbocycles. The van der Waals surface area contributed by atoms with E-state index in [-0.39, 0.29) is 5.24 Å². The van der Waals surface area contributed by atoms with Crippen LogP contribution in [0.2, 0.25) is 0 Å². The number of hydrogen-bond acceptors (Lipinski definition) is 4. The van der Waals surface area contributed by atoms with Gasteiger partial charge in [0.2, 0.25) is 0 Å². The Morgan fingerprint density at radius 3 is 2.07 bits per heavy atom. The molecule has 0 unspecified atom stereocenters. The molecule has 5 N–H and O–H groups in total. The van der Waals surface area contributed by atoms with Gasteiger partial charge in [-0.15, -0.1) is 0 Å². The topological polar surface area (TPSA) is 96.2 Å². The van der Waals surface area contributed by atoms with E-state index in [9.17, 15) is 9.59 Å². The maximum atomic E-state index is 10.2. The second kappa shape index (κ2) is 13.6. The van der Waals surface area contributed by atoms with Crippen LogP contribution in [-0.2, 0) is 0 Å². The number of carbonyl (C=O) groups is 2. The number of nitrogens with two attached hydrogens (primary N) is 1. The summed E-state index contributed by atoms with van der Waals surface area (Å²) in [4.78, 5) is 19.6. The average Bonchev–Trinajstić information content (AvgIpc) is 2.18. The first-order valence-corrected chi connectivity index (χ1v) is 5.35. The van der Waals surface area contributed by atoms with Crippen LogP contribution in [0.4, 0.5) is 9.59 Å². The van der Waals surface area contributed by atoms with Crippen molar-refractivity contribution in [3.05, 3.63) is 0 Å². The van der Waals surface area contributed by atoms with Crippen molar-refractivity contribution in [2.45, 2.75) is 26.2 Å². The molecule has 0 aliphatic heterocycles. The molecule has 0 aliphatic rings. The van der Waals surface area contributed by atoms with Crippen LogP contribution in [-0.4, -0.2) is 17.0 Å². The van der Waals surface area contributed by atoms with Crippen molar-refractivity contribution in [3.8, 4) is 0 Å². The van der Waals surface area contributed by atoms with Gasteiger partial charge in [-0.05, 0) is 6.42 Å². The fourth-order valence-corrected chi connectivity index (χ4v) is 0.681. The summed E-state index contributed by atoms with van der Waals surface area (Å²) in [7, 11) is 0. The van der Waals surface area contributed by atoms with Gasteiger partial charge in [0, 0.05) is 6.54 Å². The molecule has 0 spiro atoms. The summed E-state index contributed by atoms with van der Waals surface area (Å²) >= 11 is 6.73. The summed E-state index contributed by atoms with van der Waals surface area (Å²) in [5, 5.41) is -0.860. The third-order valence-electron chi connectivity index (χ3n) is 1.22. The fourth-order valence-electron chi connectivity index (χ4n) is 0.602. The van der Waals surface area contributed by atoms with Gasteiger partial charge in [0.05, 0.1) is 0 Å². The number of nitrogens with one attached hydrogen (secondary N) is 3. The summed E-state index contributed by atoms with van der Waals surface area (Å²) in [6.45, 7) is 2.96. The van der Waals surface area contributed by atoms with Gasteiger partial charge in [-0.3, -0.25) is 20.4 Å². The Bertz CT molecular complexity index is 180. The summed E-state index contributed by atoms with van der Waals surface area (Å²) in [6.07, 6.45) is 3.47. The van der Waals surface area contributed by atoms with Crippen molar-refractivity contribution in [2.75, 3.05) is 6.54 Å². The van der Waals surface area contributed by atoms with Crippen molar-refractivity contribution in [3.63, 3.8) is 0 Å². The number of carbonyl (C=O) groups excluding carboxylic acids is 2. The van der Waals surface area contributed by atoms with Crippen LogP contribution in [0.15, 0.2) is 0 Å². The predicted octanol–water partition coefficient (Wildman–Crippen LogP) is 0.820. The van der Waals surface area contributed by atoms with Crippen LogP contribution in [0.25, 0.3) is 0 Å². The zero-order chi connectivity index (χ0) is 12.1. The van der Waals surface area contributed by atoms with E-state index in [4.69, 9.17) is 0 Å². The molecule has 8 heteroatoms. The van der Waals surface area contributed by atoms with E-state index < -0.39 is 5.24 Å². The lowest BCUT2D eigenvalue weighted by atomic mass is 10.3. The highest BCUT2D eigenvalue weighted by atomic mass is 32.1. The number of amides is 2. The molecule has 0 saturated carbocycles. The molecule has 0 aromatic rings. The molecule has 0 bridgehead atoms. The second-order valence-corrected chi connectivity index (χ2v) is 3.33. The molecular weight excluding hydrogens is 236 g/mol. The third kappa shape index (κ3) is 24.7. The maximum absolute atomic E-state index is 10.2. The van der Waals surface area contributed by atoms with E-state index in [1.165, 1.54) is 12.8 Å². The predicted molar refractivity (Wildman–Crippen MR) is 66.8 cm³/mol. The lowest BCUT2D eigenvalue weighted by molar-refractivity contribution is 0.257. The van der Waals surface area contributed by atoms with Gasteiger partial charge in [-0.2, -0.15) is 0 Å². The van der Waals surface area contributed by atoms with Crippen molar-refractivity contribution in [1.29, 1.82) is 0 Å². The molecule has 0 rings (SSSR count). The van der Waals surface area contributed by atoms with E-state index in [2.05, 4.69) is 48.9 Å². The van der Waals surface area contributed by atoms with Crippen molar-refractivity contribution in [2.24, 2.45) is 5.84 Å². The Morgan fingerprint density at radius 2 is 1.73 bits per heavy atom. The minimum absolute atomic E-state index is 0.337. The first-order chi connectivity index (χ1) is 7.04. The van der Waals surface area contributed by atoms with Gasteiger partial charge in [0.15, 0.2) is 0 Å². The number of hydrogen-bond donors (Lipinski definition) is 6. The van der Waals surface area contributed by atoms with Crippen LogP contribution in [0, 0.1) is 0 Å². The Kier molecular flexibility index (Phi) is 15.3. The van der Waals surface area contributed by atoms with E-state index in [0.29, 0.717) is 0 Å². The van der Waals surface area contributed by atoms with Crippen LogP contribution in [0.5, 0.6) is 0 Å². The molecule has 15 heavy (non-hydrogen) atoms. The fraction of sp³-hybridized carbons (Fsp3) is 0.714. The minimum atomic E-state index is -0.523. The van der Waals surface area contributed by atoms with Gasteiger partial charge >= 0.3 is 0 Å². The summed E-state index contributed by atoms with van der Waals surface area (Å²) in [5.41, 5.74) is 6.88. The van der Waals surface area contributed by atoms with E-state index >= 15 is 0 Å². The number of unbranched alkanes of at least 4 members (excludes halogenated alkanes) is 2. The normalized spacial score (nSPS) is 8.53. The summed E-state index contributed by atoms with van der Waals surface area (Å²) in [6, 6.07) is 0. The highest BCUT2D eigenvalue weighted by molar-refractivity contribution is 7.96. The molecular formula is C7H18N4O2S2. The highest BCUT2D eigenvalue weighted by Gasteiger charge is 1.88. The molecule has 90 valence electrons. The van der Waals surface area contributed by atoms with E-state index in [1.54, 1.807) is 5.43 Å². The number of hydrazine groups is 2. The molecule has 2 amide bonds. The summed E-state index contributed by atoms with van der Waals surface area (Å²) < 4.78 is 0. The van der Waals surface area contributed by atoms with Crippen molar-refractivity contribution >= 4 is 35.7 Å². The highest BCUT2D eigenvalue weighted by Crippen LogP contribution is 1.89. The van der Waals surface area contributed by atoms with Crippen LogP contribution >= 0.6 is 25.3 Å². The Balaban J connectivity index is 0. The molecule has 0 heterocycles. The molecule has 0 radical (unpaired) electrons. The summed E-state index contributed by atoms with van der Waals surface area (Å²) in [5.74, 6) is 4.50. The lowest BCUT2D eigenvalue weighted by Crippen LogP contribution is -2.34. The van der Waals surface area contributed by atoms with Crippen LogP contribution < -0.4 is 22.1 Å². The number of rotatable bonds is 5. The number of thiol groups is 2. The van der Waals surface area contributed by atoms with Gasteiger partial charge in [0.25, 0.3) is 10.5 Å². The smallest absolute Gasteiger partial charge is 0.285 e. The zero-order valence-electron chi connectivity index (χ0n) is 8.62. The average molecular weight is 254 g/mol. The maximum Gasteiger partial charge on any atom is 0.290 e. The SMILES string of the molecule is CCCCCNNC(=O)S.NNC(=O)S. The Hall–Kier alpha value is -0.440. The third-order valence-corrected chi connectivity index (χ3v) is 1.47. The molecule has 0 fully saturated rings. The molecule has 0 aromatic heterocycles. The first kappa shape index (κ1) is 17.0. The zero-order valence-corrected chi connectivity index (χ0v) is 10.4. The molecule has 0 aliphatic carbocycles. The molecule has 0 atom stereocenters. The minimum Gasteiger partial charge on any atom is -0.285 e. The lowest BCUT2D eigenvalue weighted by Gasteiger charge is -2.01. The van der Waals surface area contributed by atoms with E-state index in [0.717, 1.165) is 13.0 Å². The Labute approximate surface area is 100 Å². The Morgan fingerprint density at radius 1 is 1.20 bits per heavy atom. The van der Waals surface area contributed by atoms with Gasteiger partial charge in [0.1, 0.15) is 0 Å². The van der Waals surface area contributed by atoms with Crippen LogP contribution in [0.3, 0.4) is 0 Å². The second-order valence-electron chi connectivity index (χ2n) is 2.51. The monoisotopic (exact) mass is 254 g/mol. The van der Waals surface area contributed by atoms with Crippen molar-refractivity contribution in [1.82, 2.24) is 16.3 Å².